The minimum Gasteiger partial charge on any atom is -0.494 e. The van der Waals surface area contributed by atoms with Crippen LogP contribution in [0.1, 0.15) is 46.0 Å². The van der Waals surface area contributed by atoms with Crippen LogP contribution >= 0.6 is 11.6 Å². The number of benzene rings is 2. The van der Waals surface area contributed by atoms with Crippen molar-refractivity contribution >= 4 is 34.8 Å². The van der Waals surface area contributed by atoms with Crippen molar-refractivity contribution in [1.29, 1.82) is 0 Å². The number of carbonyl (C=O) groups excluding carboxylic acids is 1. The van der Waals surface area contributed by atoms with E-state index in [0.29, 0.717) is 35.9 Å². The van der Waals surface area contributed by atoms with E-state index in [2.05, 4.69) is 10.3 Å². The molecule has 6 nitrogen and oxygen atoms in total. The molecule has 30 heavy (non-hydrogen) atoms. The van der Waals surface area contributed by atoms with Crippen LogP contribution in [0.15, 0.2) is 53.5 Å². The number of hydrogen-bond donors (Lipinski definition) is 2. The Hall–Kier alpha value is -3.12. The molecule has 3 rings (SSSR count). The van der Waals surface area contributed by atoms with Crippen molar-refractivity contribution in [3.05, 3.63) is 70.3 Å². The lowest BCUT2D eigenvalue weighted by molar-refractivity contribution is 0.0696. The number of nitrogens with zero attached hydrogens (tertiary/aromatic N) is 1. The van der Waals surface area contributed by atoms with Crippen LogP contribution in [0.2, 0.25) is 5.02 Å². The van der Waals surface area contributed by atoms with Crippen LogP contribution in [0.4, 0.5) is 0 Å². The maximum atomic E-state index is 12.5. The molecule has 0 aliphatic carbocycles. The van der Waals surface area contributed by atoms with Crippen molar-refractivity contribution in [1.82, 2.24) is 5.32 Å². The molecule has 0 atom stereocenters. The monoisotopic (exact) mass is 426 g/mol. The van der Waals surface area contributed by atoms with Gasteiger partial charge in [0, 0.05) is 6.54 Å². The fraction of sp³-hybridized carbons (Fsp3) is 0.261. The van der Waals surface area contributed by atoms with E-state index in [0.717, 1.165) is 23.3 Å². The normalized spacial score (nSPS) is 13.3. The van der Waals surface area contributed by atoms with E-state index in [1.807, 2.05) is 19.1 Å². The minimum atomic E-state index is -0.961. The van der Waals surface area contributed by atoms with Gasteiger partial charge in [-0.05, 0) is 60.4 Å². The Balaban J connectivity index is 1.65. The van der Waals surface area contributed by atoms with Crippen LogP contribution in [0.3, 0.4) is 0 Å². The number of aliphatic imine (C=N–C) groups is 1. The maximum Gasteiger partial charge on any atom is 0.335 e. The second-order valence-corrected chi connectivity index (χ2v) is 7.26. The fourth-order valence-electron chi connectivity index (χ4n) is 3.08. The zero-order valence-electron chi connectivity index (χ0n) is 16.7. The quantitative estimate of drug-likeness (QED) is 0.651. The summed E-state index contributed by atoms with van der Waals surface area (Å²) in [5.74, 6) is -0.623. The molecule has 156 valence electrons. The number of carbonyl (C=O) groups is 2. The Morgan fingerprint density at radius 1 is 1.23 bits per heavy atom. The highest BCUT2D eigenvalue weighted by Crippen LogP contribution is 2.24. The van der Waals surface area contributed by atoms with Crippen molar-refractivity contribution < 1.29 is 19.4 Å². The number of rotatable bonds is 8. The maximum absolute atomic E-state index is 12.5. The third-order valence-electron chi connectivity index (χ3n) is 4.61. The van der Waals surface area contributed by atoms with E-state index in [-0.39, 0.29) is 18.0 Å². The van der Waals surface area contributed by atoms with E-state index in [9.17, 15) is 14.7 Å². The predicted molar refractivity (Wildman–Crippen MR) is 118 cm³/mol. The summed E-state index contributed by atoms with van der Waals surface area (Å²) >= 11 is 6.24. The van der Waals surface area contributed by atoms with Crippen molar-refractivity contribution in [3.8, 4) is 5.75 Å². The molecule has 7 heteroatoms. The number of amides is 1. The molecular formula is C23H23ClN2O4. The third kappa shape index (κ3) is 5.48. The van der Waals surface area contributed by atoms with Gasteiger partial charge in [0.2, 0.25) is 0 Å². The number of carboxylic acids is 1. The third-order valence-corrected chi connectivity index (χ3v) is 4.92. The lowest BCUT2D eigenvalue weighted by atomic mass is 9.97. The second kappa shape index (κ2) is 10.1. The summed E-state index contributed by atoms with van der Waals surface area (Å²) in [6.07, 6.45) is 3.50. The van der Waals surface area contributed by atoms with Crippen molar-refractivity contribution in [3.63, 3.8) is 0 Å². The highest BCUT2D eigenvalue weighted by molar-refractivity contribution is 6.34. The zero-order valence-corrected chi connectivity index (χ0v) is 17.4. The summed E-state index contributed by atoms with van der Waals surface area (Å²) in [4.78, 5) is 28.2. The number of aromatic carboxylic acids is 1. The highest BCUT2D eigenvalue weighted by atomic mass is 35.5. The first-order valence-corrected chi connectivity index (χ1v) is 10.1. The number of dihydropyridines is 1. The molecule has 2 aromatic rings. The van der Waals surface area contributed by atoms with Crippen molar-refractivity contribution in [2.45, 2.75) is 19.8 Å². The molecule has 0 unspecified atom stereocenters. The molecule has 1 amide bonds. The van der Waals surface area contributed by atoms with Gasteiger partial charge >= 0.3 is 5.97 Å². The van der Waals surface area contributed by atoms with Crippen LogP contribution < -0.4 is 10.1 Å². The molecule has 0 spiro atoms. The zero-order chi connectivity index (χ0) is 21.5. The minimum absolute atomic E-state index is 0.242. The molecule has 0 saturated carbocycles. The van der Waals surface area contributed by atoms with Crippen LogP contribution in [-0.2, 0) is 0 Å². The average Bonchev–Trinajstić information content (AvgIpc) is 2.76. The molecule has 0 radical (unpaired) electrons. The SMILES string of the molecule is CCCOc1ccc(C(=O)NCC2=NCCC(c3cccc(C(=O)O)c3)=C2)c(Cl)c1. The number of ether oxygens (including phenoxy) is 1. The standard InChI is InChI=1S/C23H23ClN2O4/c1-2-10-30-19-6-7-20(21(24)13-19)22(27)26-14-18-12-16(8-9-25-18)15-4-3-5-17(11-15)23(28)29/h3-7,11-13H,2,8-10,14H2,1H3,(H,26,27)(H,28,29). The Morgan fingerprint density at radius 2 is 2.07 bits per heavy atom. The molecule has 0 bridgehead atoms. The van der Waals surface area contributed by atoms with Crippen molar-refractivity contribution in [2.75, 3.05) is 19.7 Å². The molecule has 2 N–H and O–H groups in total. The molecule has 1 heterocycles. The number of halogens is 1. The van der Waals surface area contributed by atoms with E-state index in [1.54, 1.807) is 36.4 Å². The molecule has 0 fully saturated rings. The predicted octanol–water partition coefficient (Wildman–Crippen LogP) is 4.49. The van der Waals surface area contributed by atoms with Gasteiger partial charge in [-0.1, -0.05) is 30.7 Å². The first-order valence-electron chi connectivity index (χ1n) is 9.76. The molecule has 0 saturated heterocycles. The second-order valence-electron chi connectivity index (χ2n) is 6.85. The van der Waals surface area contributed by atoms with E-state index in [4.69, 9.17) is 16.3 Å². The van der Waals surface area contributed by atoms with Gasteiger partial charge < -0.3 is 15.2 Å². The Morgan fingerprint density at radius 3 is 2.80 bits per heavy atom. The van der Waals surface area contributed by atoms with Gasteiger partial charge in [-0.3, -0.25) is 9.79 Å². The van der Waals surface area contributed by atoms with E-state index in [1.165, 1.54) is 0 Å². The van der Waals surface area contributed by atoms with Crippen LogP contribution in [0.5, 0.6) is 5.75 Å². The smallest absolute Gasteiger partial charge is 0.335 e. The van der Waals surface area contributed by atoms with Gasteiger partial charge in [0.05, 0.1) is 35.0 Å². The molecule has 1 aliphatic rings. The molecular weight excluding hydrogens is 404 g/mol. The molecule has 2 aromatic carbocycles. The van der Waals surface area contributed by atoms with Crippen LogP contribution in [0, 0.1) is 0 Å². The lowest BCUT2D eigenvalue weighted by Gasteiger charge is -2.15. The Bertz CT molecular complexity index is 1010. The van der Waals surface area contributed by atoms with Crippen LogP contribution in [-0.4, -0.2) is 42.4 Å². The first kappa shape index (κ1) is 21.6. The largest absolute Gasteiger partial charge is 0.494 e. The summed E-state index contributed by atoms with van der Waals surface area (Å²) in [5, 5.41) is 12.4. The number of hydrogen-bond acceptors (Lipinski definition) is 4. The molecule has 0 aromatic heterocycles. The summed E-state index contributed by atoms with van der Waals surface area (Å²) in [5.41, 5.74) is 3.18. The average molecular weight is 427 g/mol. The molecule has 1 aliphatic heterocycles. The number of carboxylic acid groups (broad SMARTS) is 1. The highest BCUT2D eigenvalue weighted by Gasteiger charge is 2.14. The van der Waals surface area contributed by atoms with Gasteiger partial charge in [-0.25, -0.2) is 4.79 Å². The Labute approximate surface area is 180 Å². The summed E-state index contributed by atoms with van der Waals surface area (Å²) < 4.78 is 5.52. The topological polar surface area (TPSA) is 88.0 Å². The lowest BCUT2D eigenvalue weighted by Crippen LogP contribution is -2.30. The summed E-state index contributed by atoms with van der Waals surface area (Å²) in [7, 11) is 0. The number of nitrogens with one attached hydrogen (secondary N) is 1. The summed E-state index contributed by atoms with van der Waals surface area (Å²) in [6, 6.07) is 11.8. The van der Waals surface area contributed by atoms with Gasteiger partial charge in [0.1, 0.15) is 5.75 Å². The first-order chi connectivity index (χ1) is 14.5. The fourth-order valence-corrected chi connectivity index (χ4v) is 3.34. The van der Waals surface area contributed by atoms with Gasteiger partial charge in [-0.15, -0.1) is 0 Å². The van der Waals surface area contributed by atoms with Gasteiger partial charge in [0.25, 0.3) is 5.91 Å². The Kier molecular flexibility index (Phi) is 7.25. The van der Waals surface area contributed by atoms with E-state index >= 15 is 0 Å². The van der Waals surface area contributed by atoms with Crippen molar-refractivity contribution in [2.24, 2.45) is 4.99 Å². The van der Waals surface area contributed by atoms with Gasteiger partial charge in [0.15, 0.2) is 0 Å². The van der Waals surface area contributed by atoms with E-state index < -0.39 is 5.97 Å². The van der Waals surface area contributed by atoms with Crippen LogP contribution in [0.25, 0.3) is 5.57 Å². The summed E-state index contributed by atoms with van der Waals surface area (Å²) in [6.45, 7) is 3.44. The van der Waals surface area contributed by atoms with Gasteiger partial charge in [-0.2, -0.15) is 0 Å².